The first kappa shape index (κ1) is 15.6. The molecule has 0 spiro atoms. The third-order valence-corrected chi connectivity index (χ3v) is 4.06. The Balaban J connectivity index is 1.80. The number of hydrogen-bond donors (Lipinski definition) is 2. The van der Waals surface area contributed by atoms with Crippen LogP contribution in [0.4, 0.5) is 11.4 Å². The molecule has 0 aliphatic carbocycles. The number of ether oxygens (including phenoxy) is 1. The molecule has 0 amide bonds. The second-order valence-electron chi connectivity index (χ2n) is 4.84. The van der Waals surface area contributed by atoms with Crippen molar-refractivity contribution >= 4 is 23.1 Å². The zero-order valence-corrected chi connectivity index (χ0v) is 13.4. The van der Waals surface area contributed by atoms with Gasteiger partial charge >= 0.3 is 0 Å². The van der Waals surface area contributed by atoms with Crippen LogP contribution in [0.2, 0.25) is 0 Å². The van der Waals surface area contributed by atoms with Gasteiger partial charge in [-0.25, -0.2) is 0 Å². The van der Waals surface area contributed by atoms with Gasteiger partial charge in [0.05, 0.1) is 12.8 Å². The average Bonchev–Trinajstić information content (AvgIpc) is 2.52. The van der Waals surface area contributed by atoms with Crippen molar-refractivity contribution in [3.8, 4) is 5.75 Å². The molecule has 0 saturated carbocycles. The van der Waals surface area contributed by atoms with Gasteiger partial charge in [-0.15, -0.1) is 11.8 Å². The lowest BCUT2D eigenvalue weighted by molar-refractivity contribution is 0.417. The van der Waals surface area contributed by atoms with Crippen LogP contribution in [-0.2, 0) is 6.42 Å². The number of benzene rings is 2. The molecule has 0 bridgehead atoms. The Kier molecular flexibility index (Phi) is 5.81. The molecule has 0 fully saturated rings. The van der Waals surface area contributed by atoms with E-state index in [1.54, 1.807) is 18.9 Å². The molecule has 0 heterocycles. The molecule has 0 radical (unpaired) electrons. The van der Waals surface area contributed by atoms with Gasteiger partial charge in [0.1, 0.15) is 5.75 Å². The van der Waals surface area contributed by atoms with E-state index in [4.69, 9.17) is 10.5 Å². The molecule has 2 aromatic carbocycles. The van der Waals surface area contributed by atoms with E-state index in [1.165, 1.54) is 16.1 Å². The molecular formula is C17H22N2OS. The normalized spacial score (nSPS) is 10.4. The predicted molar refractivity (Wildman–Crippen MR) is 92.4 cm³/mol. The lowest BCUT2D eigenvalue weighted by atomic mass is 10.1. The van der Waals surface area contributed by atoms with Gasteiger partial charge in [0.25, 0.3) is 0 Å². The number of aryl methyl sites for hydroxylation is 1. The molecule has 0 aromatic heterocycles. The minimum atomic E-state index is 0.704. The fraction of sp³-hybridized carbons (Fsp3) is 0.294. The Morgan fingerprint density at radius 2 is 2.05 bits per heavy atom. The maximum Gasteiger partial charge on any atom is 0.141 e. The van der Waals surface area contributed by atoms with Gasteiger partial charge in [-0.3, -0.25) is 0 Å². The van der Waals surface area contributed by atoms with Crippen LogP contribution in [-0.4, -0.2) is 19.9 Å². The van der Waals surface area contributed by atoms with E-state index in [0.29, 0.717) is 5.69 Å². The number of thioether (sulfide) groups is 1. The Hall–Kier alpha value is -1.81. The number of nitrogens with one attached hydrogen (secondary N) is 1. The van der Waals surface area contributed by atoms with Crippen molar-refractivity contribution in [3.05, 3.63) is 48.0 Å². The number of methoxy groups -OCH3 is 1. The zero-order chi connectivity index (χ0) is 15.1. The standard InChI is InChI=1S/C17H22N2OS/c1-20-17-9-8-13(11-16(17)18)5-4-10-19-14-6-3-7-15(12-14)21-2/h3,6-9,11-12,19H,4-5,10,18H2,1-2H3. The first-order chi connectivity index (χ1) is 10.2. The van der Waals surface area contributed by atoms with Crippen LogP contribution in [0.15, 0.2) is 47.4 Å². The van der Waals surface area contributed by atoms with Crippen molar-refractivity contribution in [2.75, 3.05) is 31.0 Å². The number of anilines is 2. The average molecular weight is 302 g/mol. The molecule has 4 heteroatoms. The third-order valence-electron chi connectivity index (χ3n) is 3.34. The summed E-state index contributed by atoms with van der Waals surface area (Å²) >= 11 is 1.76. The summed E-state index contributed by atoms with van der Waals surface area (Å²) in [5.41, 5.74) is 9.04. The highest BCUT2D eigenvalue weighted by Crippen LogP contribution is 2.22. The van der Waals surface area contributed by atoms with Crippen molar-refractivity contribution in [2.45, 2.75) is 17.7 Å². The molecular weight excluding hydrogens is 280 g/mol. The van der Waals surface area contributed by atoms with Crippen molar-refractivity contribution < 1.29 is 4.74 Å². The molecule has 21 heavy (non-hydrogen) atoms. The monoisotopic (exact) mass is 302 g/mol. The Labute approximate surface area is 130 Å². The Bertz CT molecular complexity index is 587. The zero-order valence-electron chi connectivity index (χ0n) is 12.6. The molecule has 112 valence electrons. The van der Waals surface area contributed by atoms with Gasteiger partial charge in [-0.05, 0) is 55.0 Å². The highest BCUT2D eigenvalue weighted by molar-refractivity contribution is 7.98. The van der Waals surface area contributed by atoms with Crippen molar-refractivity contribution in [3.63, 3.8) is 0 Å². The maximum absolute atomic E-state index is 5.92. The van der Waals surface area contributed by atoms with E-state index in [0.717, 1.165) is 25.1 Å². The van der Waals surface area contributed by atoms with Gasteiger partial charge < -0.3 is 15.8 Å². The molecule has 0 saturated heterocycles. The fourth-order valence-electron chi connectivity index (χ4n) is 2.20. The summed E-state index contributed by atoms with van der Waals surface area (Å²) in [7, 11) is 1.64. The Morgan fingerprint density at radius 1 is 1.19 bits per heavy atom. The van der Waals surface area contributed by atoms with Crippen LogP contribution in [0, 0.1) is 0 Å². The van der Waals surface area contributed by atoms with Crippen molar-refractivity contribution in [2.24, 2.45) is 0 Å². The van der Waals surface area contributed by atoms with E-state index in [2.05, 4.69) is 41.9 Å². The molecule has 3 N–H and O–H groups in total. The molecule has 2 aromatic rings. The topological polar surface area (TPSA) is 47.3 Å². The quantitative estimate of drug-likeness (QED) is 0.460. The van der Waals surface area contributed by atoms with E-state index in [-0.39, 0.29) is 0 Å². The van der Waals surface area contributed by atoms with Gasteiger partial charge in [0.15, 0.2) is 0 Å². The van der Waals surface area contributed by atoms with Crippen LogP contribution in [0.1, 0.15) is 12.0 Å². The largest absolute Gasteiger partial charge is 0.495 e. The van der Waals surface area contributed by atoms with Crippen LogP contribution >= 0.6 is 11.8 Å². The predicted octanol–water partition coefficient (Wildman–Crippen LogP) is 4.04. The minimum absolute atomic E-state index is 0.704. The van der Waals surface area contributed by atoms with Crippen molar-refractivity contribution in [1.82, 2.24) is 0 Å². The lowest BCUT2D eigenvalue weighted by Gasteiger charge is -2.09. The molecule has 2 rings (SSSR count). The smallest absolute Gasteiger partial charge is 0.141 e. The van der Waals surface area contributed by atoms with Gasteiger partial charge in [-0.2, -0.15) is 0 Å². The summed E-state index contributed by atoms with van der Waals surface area (Å²) in [5, 5.41) is 3.46. The number of nitrogen functional groups attached to an aromatic ring is 1. The van der Waals surface area contributed by atoms with E-state index in [1.807, 2.05) is 12.1 Å². The number of nitrogens with two attached hydrogens (primary N) is 1. The lowest BCUT2D eigenvalue weighted by Crippen LogP contribution is -2.03. The first-order valence-electron chi connectivity index (χ1n) is 7.03. The van der Waals surface area contributed by atoms with Crippen LogP contribution in [0.25, 0.3) is 0 Å². The first-order valence-corrected chi connectivity index (χ1v) is 8.25. The van der Waals surface area contributed by atoms with E-state index >= 15 is 0 Å². The summed E-state index contributed by atoms with van der Waals surface area (Å²) in [6.45, 7) is 0.948. The molecule has 0 aliphatic heterocycles. The van der Waals surface area contributed by atoms with Gasteiger partial charge in [0.2, 0.25) is 0 Å². The molecule has 0 atom stereocenters. The maximum atomic E-state index is 5.92. The highest BCUT2D eigenvalue weighted by atomic mass is 32.2. The molecule has 0 unspecified atom stereocenters. The number of rotatable bonds is 7. The van der Waals surface area contributed by atoms with Gasteiger partial charge in [-0.1, -0.05) is 12.1 Å². The van der Waals surface area contributed by atoms with Crippen molar-refractivity contribution in [1.29, 1.82) is 0 Å². The van der Waals surface area contributed by atoms with Gasteiger partial charge in [0, 0.05) is 17.1 Å². The van der Waals surface area contributed by atoms with Crippen LogP contribution < -0.4 is 15.8 Å². The summed E-state index contributed by atoms with van der Waals surface area (Å²) in [4.78, 5) is 1.28. The van der Waals surface area contributed by atoms with Crippen LogP contribution in [0.3, 0.4) is 0 Å². The summed E-state index contributed by atoms with van der Waals surface area (Å²) in [6, 6.07) is 14.5. The van der Waals surface area contributed by atoms with E-state index < -0.39 is 0 Å². The third kappa shape index (κ3) is 4.60. The summed E-state index contributed by atoms with van der Waals surface area (Å²) in [5.74, 6) is 0.741. The second kappa shape index (κ2) is 7.84. The molecule has 3 nitrogen and oxygen atoms in total. The fourth-order valence-corrected chi connectivity index (χ4v) is 2.66. The Morgan fingerprint density at radius 3 is 2.76 bits per heavy atom. The van der Waals surface area contributed by atoms with Crippen LogP contribution in [0.5, 0.6) is 5.75 Å². The minimum Gasteiger partial charge on any atom is -0.495 e. The van der Waals surface area contributed by atoms with E-state index in [9.17, 15) is 0 Å². The SMILES string of the molecule is COc1ccc(CCCNc2cccc(SC)c2)cc1N. The summed E-state index contributed by atoms with van der Waals surface area (Å²) in [6.07, 6.45) is 4.16. The number of hydrogen-bond acceptors (Lipinski definition) is 4. The highest BCUT2D eigenvalue weighted by Gasteiger charge is 2.01. The molecule has 0 aliphatic rings. The summed E-state index contributed by atoms with van der Waals surface area (Å²) < 4.78 is 5.17. The second-order valence-corrected chi connectivity index (χ2v) is 5.72.